The van der Waals surface area contributed by atoms with Gasteiger partial charge in [0.2, 0.25) is 5.91 Å². The number of hydrogen-bond acceptors (Lipinski definition) is 2. The van der Waals surface area contributed by atoms with E-state index in [1.807, 2.05) is 52.0 Å². The highest BCUT2D eigenvalue weighted by molar-refractivity contribution is 5.99. The minimum absolute atomic E-state index is 0.0561. The van der Waals surface area contributed by atoms with E-state index in [-0.39, 0.29) is 18.4 Å². The lowest BCUT2D eigenvalue weighted by molar-refractivity contribution is -0.115. The van der Waals surface area contributed by atoms with Crippen LogP contribution in [0.15, 0.2) is 36.4 Å². The van der Waals surface area contributed by atoms with Crippen molar-refractivity contribution in [3.8, 4) is 0 Å². The van der Waals surface area contributed by atoms with Crippen molar-refractivity contribution >= 4 is 17.5 Å². The average molecular weight is 310 g/mol. The van der Waals surface area contributed by atoms with E-state index in [9.17, 15) is 9.59 Å². The third kappa shape index (κ3) is 4.42. The number of aryl methyl sites for hydroxylation is 4. The van der Waals surface area contributed by atoms with E-state index in [2.05, 4.69) is 10.6 Å². The van der Waals surface area contributed by atoms with Crippen molar-refractivity contribution in [2.75, 3.05) is 11.9 Å². The molecule has 4 heteroatoms. The Morgan fingerprint density at radius 3 is 2.00 bits per heavy atom. The summed E-state index contributed by atoms with van der Waals surface area (Å²) < 4.78 is 0. The lowest BCUT2D eigenvalue weighted by atomic mass is 10.1. The van der Waals surface area contributed by atoms with E-state index in [0.717, 1.165) is 27.9 Å². The second kappa shape index (κ2) is 7.09. The van der Waals surface area contributed by atoms with Crippen LogP contribution < -0.4 is 10.6 Å². The van der Waals surface area contributed by atoms with E-state index < -0.39 is 0 Å². The minimum Gasteiger partial charge on any atom is -0.343 e. The molecule has 0 spiro atoms. The summed E-state index contributed by atoms with van der Waals surface area (Å²) in [5, 5.41) is 5.51. The van der Waals surface area contributed by atoms with Gasteiger partial charge >= 0.3 is 0 Å². The van der Waals surface area contributed by atoms with E-state index in [0.29, 0.717) is 5.56 Å². The summed E-state index contributed by atoms with van der Waals surface area (Å²) in [6, 6.07) is 11.3. The van der Waals surface area contributed by atoms with Crippen LogP contribution in [-0.2, 0) is 4.79 Å². The number of rotatable bonds is 4. The predicted octanol–water partition coefficient (Wildman–Crippen LogP) is 3.29. The summed E-state index contributed by atoms with van der Waals surface area (Å²) in [5.74, 6) is -0.488. The van der Waals surface area contributed by atoms with Gasteiger partial charge in [-0.1, -0.05) is 35.4 Å². The molecule has 0 saturated carbocycles. The van der Waals surface area contributed by atoms with Crippen molar-refractivity contribution in [2.24, 2.45) is 0 Å². The molecule has 23 heavy (non-hydrogen) atoms. The monoisotopic (exact) mass is 310 g/mol. The molecule has 2 N–H and O–H groups in total. The molecular formula is C19H22N2O2. The first-order valence-electron chi connectivity index (χ1n) is 7.59. The number of carbonyl (C=O) groups is 2. The minimum atomic E-state index is -0.252. The first-order chi connectivity index (χ1) is 10.9. The van der Waals surface area contributed by atoms with E-state index >= 15 is 0 Å². The van der Waals surface area contributed by atoms with Crippen LogP contribution in [-0.4, -0.2) is 18.4 Å². The summed E-state index contributed by atoms with van der Waals surface area (Å²) in [4.78, 5) is 24.1. The summed E-state index contributed by atoms with van der Waals surface area (Å²) >= 11 is 0. The highest BCUT2D eigenvalue weighted by Crippen LogP contribution is 2.21. The Hall–Kier alpha value is -2.62. The smallest absolute Gasteiger partial charge is 0.251 e. The van der Waals surface area contributed by atoms with Gasteiger partial charge in [-0.3, -0.25) is 9.59 Å². The van der Waals surface area contributed by atoms with E-state index in [1.54, 1.807) is 12.1 Å². The first-order valence-corrected chi connectivity index (χ1v) is 7.59. The Labute approximate surface area is 136 Å². The molecule has 0 aliphatic carbocycles. The molecule has 2 rings (SSSR count). The molecule has 0 saturated heterocycles. The molecule has 2 aromatic rings. The highest BCUT2D eigenvalue weighted by Gasteiger charge is 2.10. The number of nitrogens with one attached hydrogen (secondary N) is 2. The van der Waals surface area contributed by atoms with E-state index in [1.165, 1.54) is 0 Å². The molecule has 0 bridgehead atoms. The van der Waals surface area contributed by atoms with Crippen LogP contribution in [0.1, 0.15) is 32.6 Å². The molecule has 0 aromatic heterocycles. The second-order valence-electron chi connectivity index (χ2n) is 5.87. The first kappa shape index (κ1) is 16.7. The summed E-state index contributed by atoms with van der Waals surface area (Å²) in [6.45, 7) is 7.84. The normalized spacial score (nSPS) is 10.3. The number of anilines is 1. The van der Waals surface area contributed by atoms with Gasteiger partial charge in [-0.05, 0) is 51.0 Å². The molecule has 0 heterocycles. The van der Waals surface area contributed by atoms with Gasteiger partial charge in [-0.2, -0.15) is 0 Å². The predicted molar refractivity (Wildman–Crippen MR) is 92.8 cm³/mol. The summed E-state index contributed by atoms with van der Waals surface area (Å²) in [5.41, 5.74) is 5.63. The van der Waals surface area contributed by atoms with Crippen LogP contribution >= 0.6 is 0 Å². The zero-order chi connectivity index (χ0) is 17.0. The van der Waals surface area contributed by atoms with Gasteiger partial charge in [0.15, 0.2) is 0 Å². The van der Waals surface area contributed by atoms with Gasteiger partial charge in [0, 0.05) is 11.3 Å². The van der Waals surface area contributed by atoms with Crippen molar-refractivity contribution in [3.63, 3.8) is 0 Å². The molecule has 2 aromatic carbocycles. The molecule has 0 aliphatic rings. The SMILES string of the molecule is Cc1ccc(C(=O)NCC(=O)Nc2c(C)cc(C)cc2C)cc1. The molecule has 0 atom stereocenters. The fraction of sp³-hybridized carbons (Fsp3) is 0.263. The van der Waals surface area contributed by atoms with Crippen molar-refractivity contribution in [1.82, 2.24) is 5.32 Å². The van der Waals surface area contributed by atoms with Gasteiger partial charge in [0.1, 0.15) is 0 Å². The van der Waals surface area contributed by atoms with Crippen molar-refractivity contribution in [3.05, 3.63) is 64.2 Å². The fourth-order valence-electron chi connectivity index (χ4n) is 2.53. The molecular weight excluding hydrogens is 288 g/mol. The number of benzene rings is 2. The Bertz CT molecular complexity index is 711. The summed E-state index contributed by atoms with van der Waals surface area (Å²) in [7, 11) is 0. The maximum atomic E-state index is 12.1. The zero-order valence-electron chi connectivity index (χ0n) is 14.0. The number of hydrogen-bond donors (Lipinski definition) is 2. The average Bonchev–Trinajstić information content (AvgIpc) is 2.49. The zero-order valence-corrected chi connectivity index (χ0v) is 14.0. The lowest BCUT2D eigenvalue weighted by Gasteiger charge is -2.13. The van der Waals surface area contributed by atoms with Gasteiger partial charge in [0.05, 0.1) is 6.54 Å². The highest BCUT2D eigenvalue weighted by atomic mass is 16.2. The standard InChI is InChI=1S/C19H22N2O2/c1-12-5-7-16(8-6-12)19(23)20-11-17(22)21-18-14(3)9-13(2)10-15(18)4/h5-10H,11H2,1-4H3,(H,20,23)(H,21,22). The van der Waals surface area contributed by atoms with Crippen LogP contribution in [0.3, 0.4) is 0 Å². The fourth-order valence-corrected chi connectivity index (χ4v) is 2.53. The van der Waals surface area contributed by atoms with Gasteiger partial charge in [-0.15, -0.1) is 0 Å². The Morgan fingerprint density at radius 2 is 1.43 bits per heavy atom. The Kier molecular flexibility index (Phi) is 5.16. The van der Waals surface area contributed by atoms with Crippen LogP contribution in [0.5, 0.6) is 0 Å². The Morgan fingerprint density at radius 1 is 0.870 bits per heavy atom. The largest absolute Gasteiger partial charge is 0.343 e. The molecule has 120 valence electrons. The third-order valence-corrected chi connectivity index (χ3v) is 3.66. The molecule has 0 unspecified atom stereocenters. The summed E-state index contributed by atoms with van der Waals surface area (Å²) in [6.07, 6.45) is 0. The van der Waals surface area contributed by atoms with Crippen molar-refractivity contribution in [1.29, 1.82) is 0 Å². The van der Waals surface area contributed by atoms with Gasteiger partial charge in [-0.25, -0.2) is 0 Å². The van der Waals surface area contributed by atoms with Crippen molar-refractivity contribution < 1.29 is 9.59 Å². The maximum Gasteiger partial charge on any atom is 0.251 e. The molecule has 0 aliphatic heterocycles. The van der Waals surface area contributed by atoms with Crippen LogP contribution in [0, 0.1) is 27.7 Å². The topological polar surface area (TPSA) is 58.2 Å². The number of amides is 2. The molecule has 4 nitrogen and oxygen atoms in total. The third-order valence-electron chi connectivity index (χ3n) is 3.66. The van der Waals surface area contributed by atoms with E-state index in [4.69, 9.17) is 0 Å². The molecule has 0 fully saturated rings. The molecule has 0 radical (unpaired) electrons. The second-order valence-corrected chi connectivity index (χ2v) is 5.87. The van der Waals surface area contributed by atoms with Crippen LogP contribution in [0.2, 0.25) is 0 Å². The van der Waals surface area contributed by atoms with Crippen molar-refractivity contribution in [2.45, 2.75) is 27.7 Å². The quantitative estimate of drug-likeness (QED) is 0.910. The number of carbonyl (C=O) groups excluding carboxylic acids is 2. The van der Waals surface area contributed by atoms with Crippen LogP contribution in [0.4, 0.5) is 5.69 Å². The maximum absolute atomic E-state index is 12.1. The van der Waals surface area contributed by atoms with Gasteiger partial charge in [0.25, 0.3) is 5.91 Å². The Balaban J connectivity index is 1.95. The van der Waals surface area contributed by atoms with Gasteiger partial charge < -0.3 is 10.6 Å². The molecule has 2 amide bonds. The van der Waals surface area contributed by atoms with Crippen LogP contribution in [0.25, 0.3) is 0 Å². The lowest BCUT2D eigenvalue weighted by Crippen LogP contribution is -2.33.